The van der Waals surface area contributed by atoms with Crippen molar-refractivity contribution in [1.29, 1.82) is 0 Å². The van der Waals surface area contributed by atoms with E-state index >= 15 is 0 Å². The van der Waals surface area contributed by atoms with Gasteiger partial charge in [0, 0.05) is 19.3 Å². The molecule has 2 rings (SSSR count). The van der Waals surface area contributed by atoms with Crippen LogP contribution in [0.15, 0.2) is 18.3 Å². The minimum Gasteiger partial charge on any atom is -0.393 e. The molecule has 6 heteroatoms. The summed E-state index contributed by atoms with van der Waals surface area (Å²) in [5, 5.41) is 9.60. The molecule has 1 aliphatic rings. The summed E-state index contributed by atoms with van der Waals surface area (Å²) in [6.45, 7) is 3.14. The average Bonchev–Trinajstić information content (AvgIpc) is 2.32. The Morgan fingerprint density at radius 2 is 2.11 bits per heavy atom. The van der Waals surface area contributed by atoms with Crippen molar-refractivity contribution in [3.05, 3.63) is 23.9 Å². The lowest BCUT2D eigenvalue weighted by Gasteiger charge is -2.35. The Hall–Kier alpha value is -1.30. The number of pyridine rings is 1. The van der Waals surface area contributed by atoms with Crippen LogP contribution in [0.1, 0.15) is 18.9 Å². The highest BCUT2D eigenvalue weighted by Crippen LogP contribution is 2.30. The van der Waals surface area contributed by atoms with E-state index in [4.69, 9.17) is 0 Å². The summed E-state index contributed by atoms with van der Waals surface area (Å²) in [6.07, 6.45) is -3.22. The number of piperidine rings is 1. The largest absolute Gasteiger partial charge is 0.417 e. The van der Waals surface area contributed by atoms with E-state index in [0.717, 1.165) is 12.3 Å². The minimum atomic E-state index is -4.35. The molecule has 1 saturated heterocycles. The van der Waals surface area contributed by atoms with Crippen LogP contribution in [0.2, 0.25) is 0 Å². The fraction of sp³-hybridized carbons (Fsp3) is 0.583. The second kappa shape index (κ2) is 4.76. The standard InChI is InChI=1S/C12H15F3N2O/c1-8-7-17(5-4-10(8)18)11-3-2-9(6-16-11)12(13,14)15/h2-3,6,8,10,18H,4-5,7H2,1H3/t8-,10-/m0/s1. The van der Waals surface area contributed by atoms with Crippen LogP contribution < -0.4 is 4.90 Å². The molecule has 1 N–H and O–H groups in total. The number of halogens is 3. The first-order valence-electron chi connectivity index (χ1n) is 5.84. The second-order valence-corrected chi connectivity index (χ2v) is 4.68. The Bertz CT molecular complexity index is 405. The zero-order chi connectivity index (χ0) is 13.3. The van der Waals surface area contributed by atoms with Crippen molar-refractivity contribution < 1.29 is 18.3 Å². The summed E-state index contributed by atoms with van der Waals surface area (Å²) in [5.41, 5.74) is -0.739. The molecule has 1 fully saturated rings. The Morgan fingerprint density at radius 1 is 1.39 bits per heavy atom. The van der Waals surface area contributed by atoms with Gasteiger partial charge in [0.15, 0.2) is 0 Å². The lowest BCUT2D eigenvalue weighted by molar-refractivity contribution is -0.137. The highest BCUT2D eigenvalue weighted by molar-refractivity contribution is 5.40. The van der Waals surface area contributed by atoms with Crippen LogP contribution in [0.3, 0.4) is 0 Å². The molecule has 0 amide bonds. The van der Waals surface area contributed by atoms with E-state index in [2.05, 4.69) is 4.98 Å². The first-order valence-corrected chi connectivity index (χ1v) is 5.84. The average molecular weight is 260 g/mol. The van der Waals surface area contributed by atoms with Crippen LogP contribution in [0.4, 0.5) is 19.0 Å². The third kappa shape index (κ3) is 2.75. The maximum atomic E-state index is 12.4. The predicted octanol–water partition coefficient (Wildman–Crippen LogP) is 2.31. The smallest absolute Gasteiger partial charge is 0.393 e. The SMILES string of the molecule is C[C@H]1CN(c2ccc(C(F)(F)F)cn2)CC[C@@H]1O. The molecule has 18 heavy (non-hydrogen) atoms. The zero-order valence-corrected chi connectivity index (χ0v) is 9.98. The topological polar surface area (TPSA) is 36.4 Å². The molecule has 0 aliphatic carbocycles. The summed E-state index contributed by atoms with van der Waals surface area (Å²) < 4.78 is 37.2. The van der Waals surface area contributed by atoms with E-state index in [1.165, 1.54) is 6.07 Å². The van der Waals surface area contributed by atoms with Crippen molar-refractivity contribution in [3.8, 4) is 0 Å². The molecule has 3 nitrogen and oxygen atoms in total. The van der Waals surface area contributed by atoms with Crippen molar-refractivity contribution in [2.24, 2.45) is 5.92 Å². The number of rotatable bonds is 1. The van der Waals surface area contributed by atoms with Gasteiger partial charge in [-0.15, -0.1) is 0 Å². The molecule has 1 aromatic heterocycles. The van der Waals surface area contributed by atoms with Gasteiger partial charge in [-0.1, -0.05) is 6.92 Å². The van der Waals surface area contributed by atoms with Crippen LogP contribution in [0.5, 0.6) is 0 Å². The lowest BCUT2D eigenvalue weighted by atomic mass is 9.97. The maximum absolute atomic E-state index is 12.4. The van der Waals surface area contributed by atoms with E-state index in [0.29, 0.717) is 25.3 Å². The first kappa shape index (κ1) is 13.1. The fourth-order valence-electron chi connectivity index (χ4n) is 2.08. The predicted molar refractivity (Wildman–Crippen MR) is 61.2 cm³/mol. The number of hydrogen-bond acceptors (Lipinski definition) is 3. The van der Waals surface area contributed by atoms with Crippen molar-refractivity contribution in [3.63, 3.8) is 0 Å². The van der Waals surface area contributed by atoms with Gasteiger partial charge in [0.2, 0.25) is 0 Å². The first-order chi connectivity index (χ1) is 8.38. The Morgan fingerprint density at radius 3 is 2.61 bits per heavy atom. The van der Waals surface area contributed by atoms with Crippen molar-refractivity contribution in [2.45, 2.75) is 25.6 Å². The van der Waals surface area contributed by atoms with E-state index in [-0.39, 0.29) is 12.0 Å². The lowest BCUT2D eigenvalue weighted by Crippen LogP contribution is -2.42. The molecule has 0 unspecified atom stereocenters. The summed E-state index contributed by atoms with van der Waals surface area (Å²) in [6, 6.07) is 2.42. The Kier molecular flexibility index (Phi) is 3.47. The van der Waals surface area contributed by atoms with E-state index in [9.17, 15) is 18.3 Å². The quantitative estimate of drug-likeness (QED) is 0.841. The van der Waals surface area contributed by atoms with E-state index in [1.54, 1.807) is 0 Å². The third-order valence-corrected chi connectivity index (χ3v) is 3.26. The van der Waals surface area contributed by atoms with Gasteiger partial charge in [-0.25, -0.2) is 4.98 Å². The molecule has 2 heterocycles. The summed E-state index contributed by atoms with van der Waals surface area (Å²) in [7, 11) is 0. The summed E-state index contributed by atoms with van der Waals surface area (Å²) in [4.78, 5) is 5.75. The Labute approximate surface area is 103 Å². The third-order valence-electron chi connectivity index (χ3n) is 3.26. The molecule has 1 aromatic rings. The van der Waals surface area contributed by atoms with E-state index in [1.807, 2.05) is 11.8 Å². The second-order valence-electron chi connectivity index (χ2n) is 4.68. The van der Waals surface area contributed by atoms with Gasteiger partial charge in [0.1, 0.15) is 5.82 Å². The number of nitrogens with zero attached hydrogens (tertiary/aromatic N) is 2. The maximum Gasteiger partial charge on any atom is 0.417 e. The van der Waals surface area contributed by atoms with Gasteiger partial charge >= 0.3 is 6.18 Å². The van der Waals surface area contributed by atoms with Crippen LogP contribution in [-0.4, -0.2) is 29.3 Å². The van der Waals surface area contributed by atoms with E-state index < -0.39 is 11.7 Å². The zero-order valence-electron chi connectivity index (χ0n) is 9.98. The number of alkyl halides is 3. The monoisotopic (exact) mass is 260 g/mol. The van der Waals surface area contributed by atoms with Crippen molar-refractivity contribution >= 4 is 5.82 Å². The van der Waals surface area contributed by atoms with Gasteiger partial charge in [-0.2, -0.15) is 13.2 Å². The molecule has 100 valence electrons. The number of anilines is 1. The number of hydrogen-bond donors (Lipinski definition) is 1. The molecular weight excluding hydrogens is 245 g/mol. The molecule has 2 atom stereocenters. The van der Waals surface area contributed by atoms with Gasteiger partial charge in [-0.3, -0.25) is 0 Å². The van der Waals surface area contributed by atoms with Crippen molar-refractivity contribution in [1.82, 2.24) is 4.98 Å². The van der Waals surface area contributed by atoms with Gasteiger partial charge in [0.05, 0.1) is 11.7 Å². The normalized spacial score (nSPS) is 25.3. The number of aliphatic hydroxyl groups is 1. The van der Waals surface area contributed by atoms with Crippen LogP contribution in [-0.2, 0) is 6.18 Å². The van der Waals surface area contributed by atoms with Gasteiger partial charge < -0.3 is 10.0 Å². The molecular formula is C12H15F3N2O. The van der Waals surface area contributed by atoms with Crippen LogP contribution in [0, 0.1) is 5.92 Å². The molecule has 1 aliphatic heterocycles. The summed E-state index contributed by atoms with van der Waals surface area (Å²) >= 11 is 0. The van der Waals surface area contributed by atoms with Crippen LogP contribution >= 0.6 is 0 Å². The summed E-state index contributed by atoms with van der Waals surface area (Å²) in [5.74, 6) is 0.629. The number of aromatic nitrogens is 1. The Balaban J connectivity index is 2.11. The molecule has 0 radical (unpaired) electrons. The van der Waals surface area contributed by atoms with Gasteiger partial charge in [0.25, 0.3) is 0 Å². The molecule has 0 bridgehead atoms. The number of aliphatic hydroxyl groups excluding tert-OH is 1. The fourth-order valence-corrected chi connectivity index (χ4v) is 2.08. The van der Waals surface area contributed by atoms with Crippen LogP contribution in [0.25, 0.3) is 0 Å². The highest BCUT2D eigenvalue weighted by atomic mass is 19.4. The van der Waals surface area contributed by atoms with Crippen molar-refractivity contribution in [2.75, 3.05) is 18.0 Å². The van der Waals surface area contributed by atoms with Gasteiger partial charge in [-0.05, 0) is 24.5 Å². The highest BCUT2D eigenvalue weighted by Gasteiger charge is 2.31. The minimum absolute atomic E-state index is 0.0999. The molecule has 0 aromatic carbocycles. The molecule has 0 saturated carbocycles. The molecule has 0 spiro atoms.